The lowest BCUT2D eigenvalue weighted by molar-refractivity contribution is 0.0696. The number of oxazole rings is 1. The Balaban J connectivity index is 2.27. The van der Waals surface area contributed by atoms with Gasteiger partial charge in [-0.25, -0.2) is 22.9 Å². The van der Waals surface area contributed by atoms with Gasteiger partial charge in [0.15, 0.2) is 0 Å². The van der Waals surface area contributed by atoms with Crippen LogP contribution in [0, 0.1) is 13.8 Å². The predicted octanol–water partition coefficient (Wildman–Crippen LogP) is 1.47. The monoisotopic (exact) mass is 310 g/mol. The molecule has 0 amide bonds. The van der Waals surface area contributed by atoms with E-state index < -0.39 is 16.0 Å². The van der Waals surface area contributed by atoms with E-state index in [2.05, 4.69) is 9.71 Å². The molecule has 0 aliphatic rings. The number of aryl methyl sites for hydroxylation is 1. The molecule has 0 saturated carbocycles. The number of carboxylic acid groups (broad SMARTS) is 1. The van der Waals surface area contributed by atoms with E-state index in [1.54, 1.807) is 6.92 Å². The second-order valence-electron chi connectivity index (χ2n) is 4.42. The van der Waals surface area contributed by atoms with Gasteiger partial charge in [0.1, 0.15) is 5.76 Å². The van der Waals surface area contributed by atoms with Gasteiger partial charge in [-0.15, -0.1) is 0 Å². The summed E-state index contributed by atoms with van der Waals surface area (Å²) in [4.78, 5) is 14.9. The summed E-state index contributed by atoms with van der Waals surface area (Å²) >= 11 is 0. The van der Waals surface area contributed by atoms with Gasteiger partial charge in [0.05, 0.1) is 23.2 Å². The zero-order chi connectivity index (χ0) is 15.6. The lowest BCUT2D eigenvalue weighted by atomic mass is 10.1. The van der Waals surface area contributed by atoms with E-state index in [-0.39, 0.29) is 28.5 Å². The van der Waals surface area contributed by atoms with Crippen LogP contribution in [0.25, 0.3) is 0 Å². The molecule has 0 fully saturated rings. The fraction of sp³-hybridized carbons (Fsp3) is 0.231. The number of carbonyl (C=O) groups is 1. The fourth-order valence-electron chi connectivity index (χ4n) is 1.85. The summed E-state index contributed by atoms with van der Waals surface area (Å²) in [6.07, 6.45) is 1.49. The van der Waals surface area contributed by atoms with Crippen LogP contribution < -0.4 is 4.72 Å². The summed E-state index contributed by atoms with van der Waals surface area (Å²) in [5.74, 6) is -0.357. The van der Waals surface area contributed by atoms with Gasteiger partial charge >= 0.3 is 5.97 Å². The number of sulfonamides is 1. The van der Waals surface area contributed by atoms with E-state index in [1.807, 2.05) is 0 Å². The van der Waals surface area contributed by atoms with Crippen molar-refractivity contribution in [1.82, 2.24) is 9.71 Å². The van der Waals surface area contributed by atoms with Gasteiger partial charge in [-0.05, 0) is 31.5 Å². The van der Waals surface area contributed by atoms with Crippen molar-refractivity contribution in [3.8, 4) is 0 Å². The number of nitrogens with one attached hydrogen (secondary N) is 1. The van der Waals surface area contributed by atoms with Crippen molar-refractivity contribution in [1.29, 1.82) is 0 Å². The van der Waals surface area contributed by atoms with Crippen molar-refractivity contribution in [3.05, 3.63) is 47.2 Å². The minimum absolute atomic E-state index is 0.0511. The minimum Gasteiger partial charge on any atom is -0.478 e. The third-order valence-electron chi connectivity index (χ3n) is 2.89. The molecule has 1 aromatic heterocycles. The standard InChI is InChI=1S/C13H14N2O5S/c1-8-6-14-12(20-8)7-15-21(18,19)11-5-3-4-10(9(11)2)13(16)17/h3-6,15H,7H2,1-2H3,(H,16,17). The van der Waals surface area contributed by atoms with Gasteiger partial charge in [0.2, 0.25) is 15.9 Å². The molecule has 0 spiro atoms. The molecular formula is C13H14N2O5S. The molecule has 0 aliphatic heterocycles. The van der Waals surface area contributed by atoms with E-state index in [0.717, 1.165) is 0 Å². The van der Waals surface area contributed by atoms with Gasteiger partial charge < -0.3 is 9.52 Å². The van der Waals surface area contributed by atoms with E-state index in [9.17, 15) is 13.2 Å². The summed E-state index contributed by atoms with van der Waals surface area (Å²) in [5, 5.41) is 9.03. The summed E-state index contributed by atoms with van der Waals surface area (Å²) in [7, 11) is -3.85. The number of aromatic carboxylic acids is 1. The Morgan fingerprint density at radius 3 is 2.67 bits per heavy atom. The van der Waals surface area contributed by atoms with Crippen LogP contribution in [0.4, 0.5) is 0 Å². The molecule has 2 aromatic rings. The highest BCUT2D eigenvalue weighted by Crippen LogP contribution is 2.19. The van der Waals surface area contributed by atoms with E-state index >= 15 is 0 Å². The first-order valence-corrected chi connectivity index (χ1v) is 7.53. The highest BCUT2D eigenvalue weighted by atomic mass is 32.2. The summed E-state index contributed by atoms with van der Waals surface area (Å²) in [6, 6.07) is 4.10. The lowest BCUT2D eigenvalue weighted by Crippen LogP contribution is -2.24. The molecule has 0 radical (unpaired) electrons. The molecule has 21 heavy (non-hydrogen) atoms. The molecule has 2 rings (SSSR count). The van der Waals surface area contributed by atoms with Crippen LogP contribution in [0.5, 0.6) is 0 Å². The van der Waals surface area contributed by atoms with Crippen molar-refractivity contribution in [2.24, 2.45) is 0 Å². The third-order valence-corrected chi connectivity index (χ3v) is 4.43. The number of nitrogens with zero attached hydrogens (tertiary/aromatic N) is 1. The highest BCUT2D eigenvalue weighted by molar-refractivity contribution is 7.89. The van der Waals surface area contributed by atoms with E-state index in [1.165, 1.54) is 31.3 Å². The first-order valence-electron chi connectivity index (χ1n) is 6.05. The van der Waals surface area contributed by atoms with Crippen LogP contribution >= 0.6 is 0 Å². The second kappa shape index (κ2) is 5.66. The Morgan fingerprint density at radius 1 is 1.38 bits per heavy atom. The van der Waals surface area contributed by atoms with Crippen molar-refractivity contribution < 1.29 is 22.7 Å². The quantitative estimate of drug-likeness (QED) is 0.865. The molecule has 0 bridgehead atoms. The maximum Gasteiger partial charge on any atom is 0.335 e. The molecule has 7 nitrogen and oxygen atoms in total. The smallest absolute Gasteiger partial charge is 0.335 e. The SMILES string of the molecule is Cc1cnc(CNS(=O)(=O)c2cccc(C(=O)O)c2C)o1. The second-order valence-corrected chi connectivity index (χ2v) is 6.16. The van der Waals surface area contributed by atoms with Crippen LogP contribution in [0.3, 0.4) is 0 Å². The molecule has 2 N–H and O–H groups in total. The third kappa shape index (κ3) is 3.29. The van der Waals surface area contributed by atoms with E-state index in [0.29, 0.717) is 5.76 Å². The van der Waals surface area contributed by atoms with Gasteiger partial charge in [-0.3, -0.25) is 0 Å². The van der Waals surface area contributed by atoms with Crippen molar-refractivity contribution in [2.45, 2.75) is 25.3 Å². The molecule has 112 valence electrons. The summed E-state index contributed by atoms with van der Waals surface area (Å²) in [5.41, 5.74) is 0.130. The number of benzene rings is 1. The largest absolute Gasteiger partial charge is 0.478 e. The molecule has 0 unspecified atom stereocenters. The molecule has 0 saturated heterocycles. The Labute approximate surface area is 121 Å². The first kappa shape index (κ1) is 15.2. The first-order chi connectivity index (χ1) is 9.81. The Morgan fingerprint density at radius 2 is 2.10 bits per heavy atom. The van der Waals surface area contributed by atoms with Gasteiger partial charge in [-0.2, -0.15) is 0 Å². The Hall–Kier alpha value is -2.19. The van der Waals surface area contributed by atoms with Crippen LogP contribution in [0.2, 0.25) is 0 Å². The number of hydrogen-bond acceptors (Lipinski definition) is 5. The zero-order valence-corrected chi connectivity index (χ0v) is 12.3. The summed E-state index contributed by atoms with van der Waals surface area (Å²) < 4.78 is 32.0. The topological polar surface area (TPSA) is 110 Å². The average Bonchev–Trinajstić information content (AvgIpc) is 2.82. The molecule has 1 aromatic carbocycles. The lowest BCUT2D eigenvalue weighted by Gasteiger charge is -2.10. The maximum atomic E-state index is 12.2. The fourth-order valence-corrected chi connectivity index (χ4v) is 3.09. The predicted molar refractivity (Wildman–Crippen MR) is 73.4 cm³/mol. The van der Waals surface area contributed by atoms with Crippen LogP contribution in [-0.2, 0) is 16.6 Å². The van der Waals surface area contributed by atoms with Gasteiger partial charge in [0, 0.05) is 0 Å². The Bertz CT molecular complexity index is 780. The number of carboxylic acids is 1. The maximum absolute atomic E-state index is 12.2. The number of aromatic nitrogens is 1. The van der Waals surface area contributed by atoms with Crippen LogP contribution in [0.1, 0.15) is 27.6 Å². The number of rotatable bonds is 5. The van der Waals surface area contributed by atoms with E-state index in [4.69, 9.17) is 9.52 Å². The number of hydrogen-bond donors (Lipinski definition) is 2. The normalized spacial score (nSPS) is 11.5. The molecule has 8 heteroatoms. The van der Waals surface area contributed by atoms with Gasteiger partial charge in [0.25, 0.3) is 0 Å². The van der Waals surface area contributed by atoms with Crippen molar-refractivity contribution >= 4 is 16.0 Å². The van der Waals surface area contributed by atoms with Crippen LogP contribution in [-0.4, -0.2) is 24.5 Å². The average molecular weight is 310 g/mol. The molecular weight excluding hydrogens is 296 g/mol. The van der Waals surface area contributed by atoms with Crippen molar-refractivity contribution in [2.75, 3.05) is 0 Å². The molecule has 1 heterocycles. The minimum atomic E-state index is -3.85. The van der Waals surface area contributed by atoms with Gasteiger partial charge in [-0.1, -0.05) is 6.07 Å². The highest BCUT2D eigenvalue weighted by Gasteiger charge is 2.21. The Kier molecular flexibility index (Phi) is 4.10. The molecule has 0 aliphatic carbocycles. The zero-order valence-electron chi connectivity index (χ0n) is 11.5. The van der Waals surface area contributed by atoms with Crippen molar-refractivity contribution in [3.63, 3.8) is 0 Å². The van der Waals surface area contributed by atoms with Crippen LogP contribution in [0.15, 0.2) is 33.7 Å². The molecule has 0 atom stereocenters. The summed E-state index contributed by atoms with van der Waals surface area (Å²) in [6.45, 7) is 3.05.